The van der Waals surface area contributed by atoms with Crippen LogP contribution < -0.4 is 9.62 Å². The Morgan fingerprint density at radius 2 is 1.55 bits per heavy atom. The van der Waals surface area contributed by atoms with Gasteiger partial charge in [-0.1, -0.05) is 42.5 Å². The van der Waals surface area contributed by atoms with Gasteiger partial charge in [-0.25, -0.2) is 8.42 Å². The number of carbonyl (C=O) groups excluding carboxylic acids is 1. The Labute approximate surface area is 172 Å². The highest BCUT2D eigenvalue weighted by molar-refractivity contribution is 7.92. The fraction of sp³-hybridized carbons (Fsp3) is 0.174. The van der Waals surface area contributed by atoms with Crippen molar-refractivity contribution in [3.63, 3.8) is 0 Å². The second-order valence-corrected chi connectivity index (χ2v) is 8.91. The largest absolute Gasteiger partial charge is 0.322 e. The van der Waals surface area contributed by atoms with Gasteiger partial charge in [0.1, 0.15) is 0 Å². The van der Waals surface area contributed by atoms with Gasteiger partial charge in [0.15, 0.2) is 0 Å². The van der Waals surface area contributed by atoms with E-state index in [2.05, 4.69) is 5.32 Å². The summed E-state index contributed by atoms with van der Waals surface area (Å²) >= 11 is 0. The molecule has 3 aromatic rings. The summed E-state index contributed by atoms with van der Waals surface area (Å²) in [4.78, 5) is 12.6. The number of hydrogen-bond acceptors (Lipinski definition) is 3. The Bertz CT molecular complexity index is 1110. The van der Waals surface area contributed by atoms with Crippen LogP contribution in [0.1, 0.15) is 27.0 Å². The maximum atomic E-state index is 12.6. The van der Waals surface area contributed by atoms with Crippen LogP contribution in [0.15, 0.2) is 72.8 Å². The molecule has 150 valence electrons. The standard InChI is InChI=1S/C23H24N2O3S/c1-17-8-7-11-22(18(17)2)24-23(26)20-14-12-19(13-15-20)16-25(29(3,27)28)21-9-5-4-6-10-21/h4-15H,16H2,1-3H3,(H,24,26). The molecule has 0 saturated carbocycles. The number of sulfonamides is 1. The summed E-state index contributed by atoms with van der Waals surface area (Å²) in [6.45, 7) is 4.17. The first-order valence-corrected chi connectivity index (χ1v) is 11.1. The zero-order chi connectivity index (χ0) is 21.0. The van der Waals surface area contributed by atoms with E-state index in [4.69, 9.17) is 0 Å². The van der Waals surface area contributed by atoms with E-state index in [0.717, 1.165) is 22.4 Å². The predicted octanol–water partition coefficient (Wildman–Crippen LogP) is 4.52. The van der Waals surface area contributed by atoms with Crippen molar-refractivity contribution in [2.45, 2.75) is 20.4 Å². The van der Waals surface area contributed by atoms with Gasteiger partial charge in [0.25, 0.3) is 5.91 Å². The molecule has 3 rings (SSSR count). The molecule has 0 saturated heterocycles. The number of nitrogens with zero attached hydrogens (tertiary/aromatic N) is 1. The third-order valence-corrected chi connectivity index (χ3v) is 5.98. The minimum absolute atomic E-state index is 0.196. The molecule has 0 aromatic heterocycles. The Morgan fingerprint density at radius 3 is 2.17 bits per heavy atom. The molecule has 0 radical (unpaired) electrons. The lowest BCUT2D eigenvalue weighted by Crippen LogP contribution is -2.29. The quantitative estimate of drug-likeness (QED) is 0.652. The van der Waals surface area contributed by atoms with Gasteiger partial charge in [0.2, 0.25) is 10.0 Å². The van der Waals surface area contributed by atoms with E-state index in [0.29, 0.717) is 11.3 Å². The zero-order valence-corrected chi connectivity index (χ0v) is 17.5. The zero-order valence-electron chi connectivity index (χ0n) is 16.7. The van der Waals surface area contributed by atoms with Gasteiger partial charge in [0.05, 0.1) is 18.5 Å². The summed E-state index contributed by atoms with van der Waals surface area (Å²) in [6, 6.07) is 21.7. The molecule has 1 amide bonds. The Hall–Kier alpha value is -3.12. The molecule has 29 heavy (non-hydrogen) atoms. The lowest BCUT2D eigenvalue weighted by atomic mass is 10.1. The Balaban J connectivity index is 1.77. The number of anilines is 2. The minimum atomic E-state index is -3.44. The minimum Gasteiger partial charge on any atom is -0.322 e. The number of carbonyl (C=O) groups is 1. The first kappa shape index (κ1) is 20.6. The van der Waals surface area contributed by atoms with Gasteiger partial charge in [-0.15, -0.1) is 0 Å². The molecule has 0 aliphatic rings. The van der Waals surface area contributed by atoms with Crippen LogP contribution in [-0.2, 0) is 16.6 Å². The summed E-state index contributed by atoms with van der Waals surface area (Å²) in [7, 11) is -3.44. The van der Waals surface area contributed by atoms with Gasteiger partial charge in [-0.3, -0.25) is 9.10 Å². The van der Waals surface area contributed by atoms with Crippen LogP contribution in [0.4, 0.5) is 11.4 Å². The van der Waals surface area contributed by atoms with Crippen LogP contribution in [0.2, 0.25) is 0 Å². The smallest absolute Gasteiger partial charge is 0.255 e. The molecule has 3 aromatic carbocycles. The normalized spacial score (nSPS) is 11.1. The summed E-state index contributed by atoms with van der Waals surface area (Å²) in [5.41, 5.74) is 4.84. The molecule has 0 aliphatic carbocycles. The summed E-state index contributed by atoms with van der Waals surface area (Å²) in [5.74, 6) is -0.201. The average Bonchev–Trinajstić information content (AvgIpc) is 2.70. The molecule has 1 N–H and O–H groups in total. The number of para-hydroxylation sites is 1. The van der Waals surface area contributed by atoms with Crippen molar-refractivity contribution < 1.29 is 13.2 Å². The van der Waals surface area contributed by atoms with E-state index in [-0.39, 0.29) is 12.5 Å². The number of rotatable bonds is 6. The van der Waals surface area contributed by atoms with Crippen LogP contribution in [0.3, 0.4) is 0 Å². The van der Waals surface area contributed by atoms with Crippen molar-refractivity contribution in [1.82, 2.24) is 0 Å². The number of hydrogen-bond donors (Lipinski definition) is 1. The molecule has 0 heterocycles. The Kier molecular flexibility index (Phi) is 6.03. The van der Waals surface area contributed by atoms with E-state index >= 15 is 0 Å². The van der Waals surface area contributed by atoms with E-state index in [1.54, 1.807) is 48.5 Å². The monoisotopic (exact) mass is 408 g/mol. The van der Waals surface area contributed by atoms with Crippen LogP contribution in [0.25, 0.3) is 0 Å². The summed E-state index contributed by atoms with van der Waals surface area (Å²) in [6.07, 6.45) is 1.19. The van der Waals surface area contributed by atoms with Gasteiger partial charge < -0.3 is 5.32 Å². The summed E-state index contributed by atoms with van der Waals surface area (Å²) in [5, 5.41) is 2.93. The third kappa shape index (κ3) is 5.03. The fourth-order valence-electron chi connectivity index (χ4n) is 3.00. The van der Waals surface area contributed by atoms with Crippen molar-refractivity contribution in [2.24, 2.45) is 0 Å². The third-order valence-electron chi connectivity index (χ3n) is 4.84. The number of nitrogens with one attached hydrogen (secondary N) is 1. The second kappa shape index (κ2) is 8.49. The van der Waals surface area contributed by atoms with Gasteiger partial charge >= 0.3 is 0 Å². The topological polar surface area (TPSA) is 66.5 Å². The van der Waals surface area contributed by atoms with Gasteiger partial charge in [-0.2, -0.15) is 0 Å². The van der Waals surface area contributed by atoms with Gasteiger partial charge in [-0.05, 0) is 60.9 Å². The molecular formula is C23H24N2O3S. The number of aryl methyl sites for hydroxylation is 1. The lowest BCUT2D eigenvalue weighted by Gasteiger charge is -2.22. The summed E-state index contributed by atoms with van der Waals surface area (Å²) < 4.78 is 25.8. The first-order chi connectivity index (χ1) is 13.8. The molecule has 0 atom stereocenters. The number of benzene rings is 3. The average molecular weight is 409 g/mol. The van der Waals surface area contributed by atoms with Gasteiger partial charge in [0, 0.05) is 11.3 Å². The number of amides is 1. The van der Waals surface area contributed by atoms with Crippen LogP contribution in [0, 0.1) is 13.8 Å². The van der Waals surface area contributed by atoms with Crippen LogP contribution >= 0.6 is 0 Å². The van der Waals surface area contributed by atoms with Crippen LogP contribution in [-0.4, -0.2) is 20.6 Å². The first-order valence-electron chi connectivity index (χ1n) is 9.25. The SMILES string of the molecule is Cc1cccc(NC(=O)c2ccc(CN(c3ccccc3)S(C)(=O)=O)cc2)c1C. The molecular weight excluding hydrogens is 384 g/mol. The van der Waals surface area contributed by atoms with Crippen molar-refractivity contribution in [2.75, 3.05) is 15.9 Å². The molecule has 0 bridgehead atoms. The lowest BCUT2D eigenvalue weighted by molar-refractivity contribution is 0.102. The van der Waals surface area contributed by atoms with E-state index in [1.807, 2.05) is 38.1 Å². The molecule has 0 aliphatic heterocycles. The molecule has 0 unspecified atom stereocenters. The predicted molar refractivity (Wildman–Crippen MR) is 118 cm³/mol. The van der Waals surface area contributed by atoms with E-state index < -0.39 is 10.0 Å². The fourth-order valence-corrected chi connectivity index (χ4v) is 3.89. The van der Waals surface area contributed by atoms with Crippen molar-refractivity contribution >= 4 is 27.3 Å². The molecule has 6 heteroatoms. The van der Waals surface area contributed by atoms with Crippen molar-refractivity contribution in [3.05, 3.63) is 95.1 Å². The molecule has 0 spiro atoms. The molecule has 0 fully saturated rings. The van der Waals surface area contributed by atoms with E-state index in [1.165, 1.54) is 10.6 Å². The van der Waals surface area contributed by atoms with E-state index in [9.17, 15) is 13.2 Å². The molecule has 5 nitrogen and oxygen atoms in total. The maximum absolute atomic E-state index is 12.6. The second-order valence-electron chi connectivity index (χ2n) is 7.00. The Morgan fingerprint density at radius 1 is 0.897 bits per heavy atom. The highest BCUT2D eigenvalue weighted by Gasteiger charge is 2.18. The van der Waals surface area contributed by atoms with Crippen molar-refractivity contribution in [1.29, 1.82) is 0 Å². The van der Waals surface area contributed by atoms with Crippen molar-refractivity contribution in [3.8, 4) is 0 Å². The highest BCUT2D eigenvalue weighted by Crippen LogP contribution is 2.21. The van der Waals surface area contributed by atoms with Crippen LogP contribution in [0.5, 0.6) is 0 Å². The maximum Gasteiger partial charge on any atom is 0.255 e. The highest BCUT2D eigenvalue weighted by atomic mass is 32.2.